The van der Waals surface area contributed by atoms with Crippen molar-refractivity contribution in [3.8, 4) is 5.69 Å². The van der Waals surface area contributed by atoms with E-state index >= 15 is 0 Å². The maximum Gasteiger partial charge on any atom is 0.418 e. The number of nitrogens with zero attached hydrogens (tertiary/aromatic N) is 6. The molecule has 0 radical (unpaired) electrons. The Labute approximate surface area is 176 Å². The predicted molar refractivity (Wildman–Crippen MR) is 101 cm³/mol. The molecule has 0 bridgehead atoms. The van der Waals surface area contributed by atoms with Crippen molar-refractivity contribution in [1.29, 1.82) is 0 Å². The molecular formula is C16H15ClF3N7O2S. The number of alkyl halides is 3. The zero-order valence-electron chi connectivity index (χ0n) is 15.3. The number of halogens is 4. The third-order valence-corrected chi connectivity index (χ3v) is 5.70. The molecule has 160 valence electrons. The highest BCUT2D eigenvalue weighted by atomic mass is 35.5. The fourth-order valence-corrected chi connectivity index (χ4v) is 4.13. The van der Waals surface area contributed by atoms with Crippen LogP contribution in [0.1, 0.15) is 24.2 Å². The van der Waals surface area contributed by atoms with Gasteiger partial charge in [0.05, 0.1) is 29.7 Å². The molecule has 1 fully saturated rings. The van der Waals surface area contributed by atoms with E-state index in [4.69, 9.17) is 16.3 Å². The molecule has 1 aliphatic heterocycles. The van der Waals surface area contributed by atoms with Gasteiger partial charge in [0.2, 0.25) is 0 Å². The van der Waals surface area contributed by atoms with Gasteiger partial charge >= 0.3 is 11.9 Å². The highest BCUT2D eigenvalue weighted by Crippen LogP contribution is 2.36. The third kappa shape index (κ3) is 4.37. The maximum atomic E-state index is 13.4. The Bertz CT molecular complexity index is 1090. The number of H-pyrrole nitrogens is 1. The van der Waals surface area contributed by atoms with Crippen LogP contribution in [0.4, 0.5) is 13.2 Å². The largest absolute Gasteiger partial charge is 0.418 e. The molecule has 1 unspecified atom stereocenters. The van der Waals surface area contributed by atoms with Gasteiger partial charge in [0.25, 0.3) is 0 Å². The molecule has 1 saturated heterocycles. The molecule has 0 spiro atoms. The predicted octanol–water partition coefficient (Wildman–Crippen LogP) is 2.69. The smallest absolute Gasteiger partial charge is 0.376 e. The van der Waals surface area contributed by atoms with Gasteiger partial charge in [-0.3, -0.25) is 4.57 Å². The van der Waals surface area contributed by atoms with Gasteiger partial charge in [-0.2, -0.15) is 17.9 Å². The number of hydrogen-bond donors (Lipinski definition) is 1. The summed E-state index contributed by atoms with van der Waals surface area (Å²) in [6, 6.07) is 3.36. The van der Waals surface area contributed by atoms with E-state index in [0.717, 1.165) is 35.4 Å². The van der Waals surface area contributed by atoms with Gasteiger partial charge in [-0.1, -0.05) is 23.4 Å². The number of aromatic amines is 1. The number of aromatic nitrogens is 7. The molecule has 0 amide bonds. The van der Waals surface area contributed by atoms with E-state index in [1.165, 1.54) is 16.7 Å². The van der Waals surface area contributed by atoms with Crippen molar-refractivity contribution in [2.45, 2.75) is 42.6 Å². The lowest BCUT2D eigenvalue weighted by Gasteiger charge is -2.14. The van der Waals surface area contributed by atoms with Crippen molar-refractivity contribution in [3.63, 3.8) is 0 Å². The summed E-state index contributed by atoms with van der Waals surface area (Å²) in [5.41, 5.74) is -1.58. The van der Waals surface area contributed by atoms with E-state index in [1.807, 2.05) is 0 Å². The third-order valence-electron chi connectivity index (χ3n) is 4.49. The van der Waals surface area contributed by atoms with E-state index in [0.29, 0.717) is 18.3 Å². The van der Waals surface area contributed by atoms with Gasteiger partial charge < -0.3 is 4.74 Å². The van der Waals surface area contributed by atoms with Crippen LogP contribution < -0.4 is 5.69 Å². The number of benzene rings is 1. The standard InChI is InChI=1S/C16H15ClF3N7O2S/c17-9-3-4-12(11(6-9)16(18,19)20)27-13(21-24-25-27)8-30-15-23-22-14(28)26(15)7-10-2-1-5-29-10/h3-4,6,10H,1-2,5,7-8H2,(H,22,28). The number of rotatable bonds is 6. The Morgan fingerprint density at radius 1 is 1.37 bits per heavy atom. The minimum absolute atomic E-state index is 0.0512. The summed E-state index contributed by atoms with van der Waals surface area (Å²) in [5, 5.41) is 17.7. The van der Waals surface area contributed by atoms with E-state index < -0.39 is 11.7 Å². The van der Waals surface area contributed by atoms with Crippen molar-refractivity contribution < 1.29 is 17.9 Å². The van der Waals surface area contributed by atoms with Crippen LogP contribution in [-0.2, 0) is 23.2 Å². The molecular weight excluding hydrogens is 447 g/mol. The van der Waals surface area contributed by atoms with Crippen LogP contribution in [0.3, 0.4) is 0 Å². The fourth-order valence-electron chi connectivity index (χ4n) is 3.10. The van der Waals surface area contributed by atoms with Crippen LogP contribution >= 0.6 is 23.4 Å². The highest BCUT2D eigenvalue weighted by molar-refractivity contribution is 7.98. The molecule has 0 saturated carbocycles. The SMILES string of the molecule is O=c1[nH]nc(SCc2nnnn2-c2ccc(Cl)cc2C(F)(F)F)n1CC1CCCO1. The first-order chi connectivity index (χ1) is 14.3. The van der Waals surface area contributed by atoms with Crippen LogP contribution in [0.2, 0.25) is 5.02 Å². The minimum Gasteiger partial charge on any atom is -0.376 e. The first kappa shape index (κ1) is 20.9. The summed E-state index contributed by atoms with van der Waals surface area (Å²) < 4.78 is 48.3. The zero-order chi connectivity index (χ0) is 21.3. The Hall–Kier alpha value is -2.38. The van der Waals surface area contributed by atoms with Crippen LogP contribution in [0.5, 0.6) is 0 Å². The topological polar surface area (TPSA) is 104 Å². The van der Waals surface area contributed by atoms with E-state index in [-0.39, 0.29) is 34.1 Å². The summed E-state index contributed by atoms with van der Waals surface area (Å²) in [4.78, 5) is 12.1. The van der Waals surface area contributed by atoms with Gasteiger partial charge in [0.15, 0.2) is 11.0 Å². The van der Waals surface area contributed by atoms with Crippen molar-refractivity contribution in [2.24, 2.45) is 0 Å². The second-order valence-electron chi connectivity index (χ2n) is 6.51. The van der Waals surface area contributed by atoms with Gasteiger partial charge in [-0.15, -0.1) is 10.2 Å². The number of ether oxygens (including phenoxy) is 1. The molecule has 3 heterocycles. The second kappa shape index (κ2) is 8.40. The number of thioether (sulfide) groups is 1. The van der Waals surface area contributed by atoms with Crippen LogP contribution in [-0.4, -0.2) is 47.7 Å². The monoisotopic (exact) mass is 461 g/mol. The zero-order valence-corrected chi connectivity index (χ0v) is 16.8. The first-order valence-corrected chi connectivity index (χ1v) is 10.2. The molecule has 14 heteroatoms. The van der Waals surface area contributed by atoms with Gasteiger partial charge in [0, 0.05) is 11.6 Å². The Kier molecular flexibility index (Phi) is 5.84. The maximum absolute atomic E-state index is 13.4. The summed E-state index contributed by atoms with van der Waals surface area (Å²) in [5.74, 6) is 0.245. The van der Waals surface area contributed by atoms with Crippen molar-refractivity contribution >= 4 is 23.4 Å². The van der Waals surface area contributed by atoms with Gasteiger partial charge in [-0.05, 0) is 41.5 Å². The summed E-state index contributed by atoms with van der Waals surface area (Å²) in [6.07, 6.45) is -2.94. The average molecular weight is 462 g/mol. The summed E-state index contributed by atoms with van der Waals surface area (Å²) in [6.45, 7) is 0.995. The van der Waals surface area contributed by atoms with Crippen LogP contribution in [0.25, 0.3) is 5.69 Å². The van der Waals surface area contributed by atoms with Crippen molar-refractivity contribution in [1.82, 2.24) is 35.0 Å². The number of nitrogens with one attached hydrogen (secondary N) is 1. The van der Waals surface area contributed by atoms with Crippen LogP contribution in [0.15, 0.2) is 28.2 Å². The van der Waals surface area contributed by atoms with Gasteiger partial charge in [-0.25, -0.2) is 9.89 Å². The highest BCUT2D eigenvalue weighted by Gasteiger charge is 2.35. The lowest BCUT2D eigenvalue weighted by molar-refractivity contribution is -0.137. The molecule has 1 aliphatic rings. The molecule has 0 aliphatic carbocycles. The number of tetrazole rings is 1. The van der Waals surface area contributed by atoms with Crippen molar-refractivity contribution in [2.75, 3.05) is 6.61 Å². The van der Waals surface area contributed by atoms with Crippen LogP contribution in [0, 0.1) is 0 Å². The van der Waals surface area contributed by atoms with E-state index in [1.54, 1.807) is 0 Å². The normalized spacial score (nSPS) is 17.0. The van der Waals surface area contributed by atoms with E-state index in [9.17, 15) is 18.0 Å². The minimum atomic E-state index is -4.64. The molecule has 2 aromatic heterocycles. The molecule has 1 aromatic carbocycles. The quantitative estimate of drug-likeness (QED) is 0.563. The van der Waals surface area contributed by atoms with Crippen molar-refractivity contribution in [3.05, 3.63) is 45.1 Å². The molecule has 1 N–H and O–H groups in total. The summed E-state index contributed by atoms with van der Waals surface area (Å²) in [7, 11) is 0. The lowest BCUT2D eigenvalue weighted by Crippen LogP contribution is -2.25. The molecule has 1 atom stereocenters. The second-order valence-corrected chi connectivity index (χ2v) is 7.89. The lowest BCUT2D eigenvalue weighted by atomic mass is 10.1. The molecule has 3 aromatic rings. The Balaban J connectivity index is 1.57. The molecule has 9 nitrogen and oxygen atoms in total. The number of hydrogen-bond acceptors (Lipinski definition) is 7. The fraction of sp³-hybridized carbons (Fsp3) is 0.438. The van der Waals surface area contributed by atoms with E-state index in [2.05, 4.69) is 25.7 Å². The Morgan fingerprint density at radius 3 is 2.93 bits per heavy atom. The molecule has 30 heavy (non-hydrogen) atoms. The summed E-state index contributed by atoms with van der Waals surface area (Å²) >= 11 is 6.86. The first-order valence-electron chi connectivity index (χ1n) is 8.87. The molecule has 4 rings (SSSR count). The average Bonchev–Trinajstić information content (AvgIpc) is 3.43. The Morgan fingerprint density at radius 2 is 2.20 bits per heavy atom. The van der Waals surface area contributed by atoms with Gasteiger partial charge in [0.1, 0.15) is 0 Å².